The van der Waals surface area contributed by atoms with Crippen molar-refractivity contribution in [3.05, 3.63) is 62.5 Å². The van der Waals surface area contributed by atoms with Crippen LogP contribution in [0.1, 0.15) is 17.3 Å². The minimum atomic E-state index is -0.901. The van der Waals surface area contributed by atoms with Crippen molar-refractivity contribution < 1.29 is 18.3 Å². The Hall–Kier alpha value is -1.27. The Morgan fingerprint density at radius 3 is 2.48 bits per heavy atom. The Balaban J connectivity index is 2.19. The number of benzene rings is 2. The lowest BCUT2D eigenvalue weighted by molar-refractivity contribution is 0.0812. The average Bonchev–Trinajstić information content (AvgIpc) is 2.41. The molecular weight excluding hydrogens is 410 g/mol. The van der Waals surface area contributed by atoms with Gasteiger partial charge >= 0.3 is 0 Å². The third-order valence-corrected chi connectivity index (χ3v) is 3.88. The predicted octanol–water partition coefficient (Wildman–Crippen LogP) is 5.14. The molecule has 0 aromatic heterocycles. The highest BCUT2D eigenvalue weighted by molar-refractivity contribution is 9.11. The number of hydrogen-bond acceptors (Lipinski definition) is 2. The van der Waals surface area contributed by atoms with Crippen molar-refractivity contribution >= 4 is 37.6 Å². The Morgan fingerprint density at radius 2 is 1.86 bits per heavy atom. The van der Waals surface area contributed by atoms with E-state index in [2.05, 4.69) is 31.9 Å². The Kier molecular flexibility index (Phi) is 5.11. The largest absolute Gasteiger partial charge is 0.481 e. The van der Waals surface area contributed by atoms with Gasteiger partial charge in [-0.2, -0.15) is 0 Å². The van der Waals surface area contributed by atoms with Crippen molar-refractivity contribution in [2.45, 2.75) is 13.0 Å². The second-order valence-electron chi connectivity index (χ2n) is 4.32. The highest BCUT2D eigenvalue weighted by Gasteiger charge is 2.21. The van der Waals surface area contributed by atoms with E-state index in [9.17, 15) is 13.6 Å². The lowest BCUT2D eigenvalue weighted by Gasteiger charge is -2.15. The minimum Gasteiger partial charge on any atom is -0.481 e. The first kappa shape index (κ1) is 16.1. The van der Waals surface area contributed by atoms with Gasteiger partial charge < -0.3 is 4.74 Å². The number of rotatable bonds is 4. The molecule has 1 atom stereocenters. The van der Waals surface area contributed by atoms with E-state index < -0.39 is 23.5 Å². The lowest BCUT2D eigenvalue weighted by Crippen LogP contribution is -2.25. The molecule has 0 aliphatic carbocycles. The zero-order chi connectivity index (χ0) is 15.6. The van der Waals surface area contributed by atoms with E-state index in [1.165, 1.54) is 6.92 Å². The van der Waals surface area contributed by atoms with Gasteiger partial charge in [0.15, 0.2) is 6.10 Å². The SMILES string of the molecule is CC(Oc1ccc(Br)cc1Br)C(=O)c1ccc(F)cc1F. The first-order chi connectivity index (χ1) is 9.88. The van der Waals surface area contributed by atoms with Crippen LogP contribution in [0.4, 0.5) is 8.78 Å². The molecule has 2 aromatic rings. The summed E-state index contributed by atoms with van der Waals surface area (Å²) in [6, 6.07) is 8.04. The van der Waals surface area contributed by atoms with Crippen molar-refractivity contribution in [1.82, 2.24) is 0 Å². The van der Waals surface area contributed by atoms with Crippen LogP contribution in [0.25, 0.3) is 0 Å². The molecule has 0 N–H and O–H groups in total. The van der Waals surface area contributed by atoms with Gasteiger partial charge in [-0.05, 0) is 53.2 Å². The van der Waals surface area contributed by atoms with E-state index in [1.807, 2.05) is 0 Å². The summed E-state index contributed by atoms with van der Waals surface area (Å²) in [6.07, 6.45) is -0.901. The Labute approximate surface area is 137 Å². The van der Waals surface area contributed by atoms with Crippen molar-refractivity contribution in [1.29, 1.82) is 0 Å². The molecule has 0 amide bonds. The van der Waals surface area contributed by atoms with Crippen LogP contribution in [0.5, 0.6) is 5.75 Å². The van der Waals surface area contributed by atoms with Gasteiger partial charge in [-0.1, -0.05) is 15.9 Å². The summed E-state index contributed by atoms with van der Waals surface area (Å²) in [5, 5.41) is 0. The molecule has 0 fully saturated rings. The summed E-state index contributed by atoms with van der Waals surface area (Å²) in [5.41, 5.74) is -0.197. The number of hydrogen-bond donors (Lipinski definition) is 0. The van der Waals surface area contributed by atoms with Crippen molar-refractivity contribution in [3.63, 3.8) is 0 Å². The van der Waals surface area contributed by atoms with Crippen LogP contribution in [0.3, 0.4) is 0 Å². The highest BCUT2D eigenvalue weighted by Crippen LogP contribution is 2.29. The van der Waals surface area contributed by atoms with Crippen LogP contribution >= 0.6 is 31.9 Å². The van der Waals surface area contributed by atoms with Crippen molar-refractivity contribution in [3.8, 4) is 5.75 Å². The summed E-state index contributed by atoms with van der Waals surface area (Å²) in [7, 11) is 0. The van der Waals surface area contributed by atoms with Crippen molar-refractivity contribution in [2.24, 2.45) is 0 Å². The molecule has 0 radical (unpaired) electrons. The van der Waals surface area contributed by atoms with E-state index in [-0.39, 0.29) is 5.56 Å². The van der Waals surface area contributed by atoms with Gasteiger partial charge in [0.05, 0.1) is 10.0 Å². The summed E-state index contributed by atoms with van der Waals surface area (Å²) < 4.78 is 33.5. The highest BCUT2D eigenvalue weighted by atomic mass is 79.9. The van der Waals surface area contributed by atoms with Crippen LogP contribution in [0.15, 0.2) is 45.3 Å². The number of Topliss-reactive ketones (excluding diaryl/α,β-unsaturated/α-hetero) is 1. The van der Waals surface area contributed by atoms with E-state index in [0.29, 0.717) is 16.3 Å². The molecule has 6 heteroatoms. The quantitative estimate of drug-likeness (QED) is 0.641. The van der Waals surface area contributed by atoms with Crippen LogP contribution in [0.2, 0.25) is 0 Å². The summed E-state index contributed by atoms with van der Waals surface area (Å²) >= 11 is 6.62. The van der Waals surface area contributed by atoms with E-state index in [4.69, 9.17) is 4.74 Å². The molecule has 1 unspecified atom stereocenters. The maximum Gasteiger partial charge on any atom is 0.205 e. The maximum absolute atomic E-state index is 13.6. The normalized spacial score (nSPS) is 12.0. The van der Waals surface area contributed by atoms with Gasteiger partial charge in [-0.25, -0.2) is 8.78 Å². The summed E-state index contributed by atoms with van der Waals surface area (Å²) in [4.78, 5) is 12.1. The second kappa shape index (κ2) is 6.66. The zero-order valence-corrected chi connectivity index (χ0v) is 14.0. The Bertz CT molecular complexity index is 689. The van der Waals surface area contributed by atoms with Crippen LogP contribution < -0.4 is 4.74 Å². The number of ether oxygens (including phenoxy) is 1. The van der Waals surface area contributed by atoms with Gasteiger partial charge in [0, 0.05) is 10.5 Å². The van der Waals surface area contributed by atoms with Gasteiger partial charge in [-0.3, -0.25) is 4.79 Å². The average molecular weight is 420 g/mol. The first-order valence-corrected chi connectivity index (χ1v) is 7.58. The van der Waals surface area contributed by atoms with Gasteiger partial charge in [0.25, 0.3) is 0 Å². The zero-order valence-electron chi connectivity index (χ0n) is 10.9. The molecule has 0 saturated heterocycles. The first-order valence-electron chi connectivity index (χ1n) is 5.99. The molecule has 2 nitrogen and oxygen atoms in total. The second-order valence-corrected chi connectivity index (χ2v) is 6.09. The number of carbonyl (C=O) groups is 1. The number of ketones is 1. The number of halogens is 4. The molecule has 0 aliphatic rings. The topological polar surface area (TPSA) is 26.3 Å². The minimum absolute atomic E-state index is 0.197. The summed E-state index contributed by atoms with van der Waals surface area (Å²) in [5.74, 6) is -1.72. The molecule has 0 aliphatic heterocycles. The van der Waals surface area contributed by atoms with E-state index in [1.54, 1.807) is 18.2 Å². The Morgan fingerprint density at radius 1 is 1.14 bits per heavy atom. The molecule has 0 saturated carbocycles. The van der Waals surface area contributed by atoms with Crippen molar-refractivity contribution in [2.75, 3.05) is 0 Å². The summed E-state index contributed by atoms with van der Waals surface area (Å²) in [6.45, 7) is 1.51. The molecule has 0 spiro atoms. The fourth-order valence-corrected chi connectivity index (χ4v) is 2.86. The molecule has 110 valence electrons. The van der Waals surface area contributed by atoms with Crippen LogP contribution in [0, 0.1) is 11.6 Å². The predicted molar refractivity (Wildman–Crippen MR) is 82.6 cm³/mol. The molecule has 2 rings (SSSR count). The van der Waals surface area contributed by atoms with Crippen LogP contribution in [-0.2, 0) is 0 Å². The number of carbonyl (C=O) groups excluding carboxylic acids is 1. The molecule has 0 bridgehead atoms. The smallest absolute Gasteiger partial charge is 0.205 e. The third-order valence-electron chi connectivity index (χ3n) is 2.76. The third kappa shape index (κ3) is 3.89. The van der Waals surface area contributed by atoms with E-state index in [0.717, 1.165) is 16.6 Å². The standard InChI is InChI=1S/C15H10Br2F2O2/c1-8(21-14-5-2-9(16)6-12(14)17)15(20)11-4-3-10(18)7-13(11)19/h2-8H,1H3. The monoisotopic (exact) mass is 418 g/mol. The van der Waals surface area contributed by atoms with Gasteiger partial charge in [0.1, 0.15) is 17.4 Å². The maximum atomic E-state index is 13.6. The van der Waals surface area contributed by atoms with Gasteiger partial charge in [0.2, 0.25) is 5.78 Å². The lowest BCUT2D eigenvalue weighted by atomic mass is 10.1. The molecule has 21 heavy (non-hydrogen) atoms. The fraction of sp³-hybridized carbons (Fsp3) is 0.133. The fourth-order valence-electron chi connectivity index (χ4n) is 1.72. The molecule has 2 aromatic carbocycles. The molecular formula is C15H10Br2F2O2. The van der Waals surface area contributed by atoms with Crippen LogP contribution in [-0.4, -0.2) is 11.9 Å². The van der Waals surface area contributed by atoms with E-state index >= 15 is 0 Å². The molecule has 0 heterocycles. The van der Waals surface area contributed by atoms with Gasteiger partial charge in [-0.15, -0.1) is 0 Å².